The second-order valence-electron chi connectivity index (χ2n) is 4.03. The van der Waals surface area contributed by atoms with Crippen LogP contribution in [0.3, 0.4) is 0 Å². The maximum atomic E-state index is 9.25. The maximum absolute atomic E-state index is 9.25. The van der Waals surface area contributed by atoms with Crippen molar-refractivity contribution < 1.29 is 0 Å². The van der Waals surface area contributed by atoms with Crippen molar-refractivity contribution in [3.8, 4) is 23.9 Å². The normalized spacial score (nSPS) is 9.50. The molecular formula is C14H10N6. The van der Waals surface area contributed by atoms with Crippen LogP contribution < -0.4 is 5.32 Å². The van der Waals surface area contributed by atoms with Crippen molar-refractivity contribution in [1.82, 2.24) is 14.9 Å². The van der Waals surface area contributed by atoms with E-state index in [1.165, 1.54) is 10.9 Å². The summed E-state index contributed by atoms with van der Waals surface area (Å²) in [7, 11) is 1.82. The van der Waals surface area contributed by atoms with Crippen LogP contribution in [0.2, 0.25) is 0 Å². The minimum absolute atomic E-state index is 0.0516. The molecule has 1 aromatic heterocycles. The average Bonchev–Trinajstić information content (AvgIpc) is 2.90. The molecule has 1 aromatic carbocycles. The minimum atomic E-state index is 0.0516. The second-order valence-corrected chi connectivity index (χ2v) is 4.03. The van der Waals surface area contributed by atoms with Gasteiger partial charge < -0.3 is 5.32 Å². The predicted octanol–water partition coefficient (Wildman–Crippen LogP) is 1.21. The number of rotatable bonds is 3. The summed E-state index contributed by atoms with van der Waals surface area (Å²) in [6, 6.07) is 11.3. The molecule has 6 heteroatoms. The molecule has 0 spiro atoms. The fourth-order valence-electron chi connectivity index (χ4n) is 1.92. The molecule has 0 amide bonds. The van der Waals surface area contributed by atoms with Crippen LogP contribution in [0, 0.1) is 34.0 Å². The molecule has 1 N–H and O–H groups in total. The van der Waals surface area contributed by atoms with E-state index in [-0.39, 0.29) is 11.4 Å². The SMILES string of the molecule is CNCc1ccc(-n2cnc(C#N)c2C#N)c(C#N)c1. The van der Waals surface area contributed by atoms with Crippen LogP contribution >= 0.6 is 0 Å². The highest BCUT2D eigenvalue weighted by Crippen LogP contribution is 2.19. The number of nitrogens with one attached hydrogen (secondary N) is 1. The van der Waals surface area contributed by atoms with Gasteiger partial charge in [-0.2, -0.15) is 15.8 Å². The van der Waals surface area contributed by atoms with Crippen molar-refractivity contribution in [3.63, 3.8) is 0 Å². The highest BCUT2D eigenvalue weighted by molar-refractivity contribution is 5.54. The number of nitrogens with zero attached hydrogens (tertiary/aromatic N) is 5. The molecule has 0 atom stereocenters. The van der Waals surface area contributed by atoms with Gasteiger partial charge in [0.2, 0.25) is 0 Å². The first-order valence-electron chi connectivity index (χ1n) is 5.80. The summed E-state index contributed by atoms with van der Waals surface area (Å²) in [6.07, 6.45) is 1.38. The summed E-state index contributed by atoms with van der Waals surface area (Å²) >= 11 is 0. The van der Waals surface area contributed by atoms with Gasteiger partial charge in [-0.1, -0.05) is 6.07 Å². The van der Waals surface area contributed by atoms with Crippen molar-refractivity contribution in [3.05, 3.63) is 47.0 Å². The first kappa shape index (κ1) is 13.3. The van der Waals surface area contributed by atoms with E-state index in [1.807, 2.05) is 25.3 Å². The lowest BCUT2D eigenvalue weighted by Gasteiger charge is -2.08. The highest BCUT2D eigenvalue weighted by atomic mass is 15.1. The third-order valence-electron chi connectivity index (χ3n) is 2.80. The number of aromatic nitrogens is 2. The molecule has 2 aromatic rings. The molecule has 2 rings (SSSR count). The van der Waals surface area contributed by atoms with Gasteiger partial charge in [0.05, 0.1) is 11.3 Å². The molecule has 6 nitrogen and oxygen atoms in total. The number of hydrogen-bond donors (Lipinski definition) is 1. The quantitative estimate of drug-likeness (QED) is 0.895. The molecule has 0 saturated carbocycles. The summed E-state index contributed by atoms with van der Waals surface area (Å²) in [6.45, 7) is 0.646. The highest BCUT2D eigenvalue weighted by Gasteiger charge is 2.14. The Hall–Kier alpha value is -3.14. The van der Waals surface area contributed by atoms with Gasteiger partial charge in [0.25, 0.3) is 0 Å². The molecule has 0 unspecified atom stereocenters. The number of benzene rings is 1. The zero-order valence-electron chi connectivity index (χ0n) is 10.8. The maximum Gasteiger partial charge on any atom is 0.177 e. The largest absolute Gasteiger partial charge is 0.316 e. The summed E-state index contributed by atoms with van der Waals surface area (Å²) in [5.41, 5.74) is 2.11. The van der Waals surface area contributed by atoms with E-state index in [2.05, 4.69) is 16.4 Å². The van der Waals surface area contributed by atoms with Gasteiger partial charge in [0, 0.05) is 6.54 Å². The molecule has 0 fully saturated rings. The molecule has 1 heterocycles. The van der Waals surface area contributed by atoms with Crippen LogP contribution in [0.5, 0.6) is 0 Å². The Morgan fingerprint density at radius 1 is 1.20 bits per heavy atom. The smallest absolute Gasteiger partial charge is 0.177 e. The fourth-order valence-corrected chi connectivity index (χ4v) is 1.92. The Bertz CT molecular complexity index is 766. The van der Waals surface area contributed by atoms with Crippen molar-refractivity contribution in [2.24, 2.45) is 0 Å². The molecule has 0 saturated heterocycles. The Balaban J connectivity index is 2.60. The number of imidazole rings is 1. The van der Waals surface area contributed by atoms with E-state index in [9.17, 15) is 5.26 Å². The average molecular weight is 262 g/mol. The number of nitriles is 3. The van der Waals surface area contributed by atoms with E-state index in [0.29, 0.717) is 17.8 Å². The first-order valence-corrected chi connectivity index (χ1v) is 5.80. The van der Waals surface area contributed by atoms with Crippen LogP contribution in [0.4, 0.5) is 0 Å². The van der Waals surface area contributed by atoms with E-state index < -0.39 is 0 Å². The van der Waals surface area contributed by atoms with Crippen molar-refractivity contribution in [2.45, 2.75) is 6.54 Å². The summed E-state index contributed by atoms with van der Waals surface area (Å²) in [4.78, 5) is 3.87. The summed E-state index contributed by atoms with van der Waals surface area (Å²) < 4.78 is 1.46. The summed E-state index contributed by atoms with van der Waals surface area (Å²) in [5, 5.41) is 30.3. The van der Waals surface area contributed by atoms with E-state index in [4.69, 9.17) is 10.5 Å². The minimum Gasteiger partial charge on any atom is -0.316 e. The Kier molecular flexibility index (Phi) is 3.77. The Morgan fingerprint density at radius 2 is 2.00 bits per heavy atom. The first-order chi connectivity index (χ1) is 9.74. The number of hydrogen-bond acceptors (Lipinski definition) is 5. The molecule has 20 heavy (non-hydrogen) atoms. The van der Waals surface area contributed by atoms with Gasteiger partial charge in [-0.25, -0.2) is 4.98 Å². The lowest BCUT2D eigenvalue weighted by molar-refractivity contribution is 0.816. The third-order valence-corrected chi connectivity index (χ3v) is 2.80. The predicted molar refractivity (Wildman–Crippen MR) is 70.5 cm³/mol. The van der Waals surface area contributed by atoms with Gasteiger partial charge in [-0.15, -0.1) is 0 Å². The van der Waals surface area contributed by atoms with Crippen LogP contribution in [0.15, 0.2) is 24.5 Å². The topological polar surface area (TPSA) is 101 Å². The van der Waals surface area contributed by atoms with Crippen LogP contribution in [0.25, 0.3) is 5.69 Å². The van der Waals surface area contributed by atoms with E-state index >= 15 is 0 Å². The van der Waals surface area contributed by atoms with Gasteiger partial charge in [0.15, 0.2) is 11.4 Å². The Morgan fingerprint density at radius 3 is 2.60 bits per heavy atom. The molecule has 0 radical (unpaired) electrons. The molecule has 0 aliphatic carbocycles. The zero-order valence-corrected chi connectivity index (χ0v) is 10.8. The van der Waals surface area contributed by atoms with E-state index in [1.54, 1.807) is 12.1 Å². The van der Waals surface area contributed by atoms with Gasteiger partial charge >= 0.3 is 0 Å². The molecular weight excluding hydrogens is 252 g/mol. The van der Waals surface area contributed by atoms with Gasteiger partial charge in [-0.3, -0.25) is 4.57 Å². The third kappa shape index (κ3) is 2.22. The zero-order chi connectivity index (χ0) is 14.5. The van der Waals surface area contributed by atoms with Crippen molar-refractivity contribution >= 4 is 0 Å². The van der Waals surface area contributed by atoms with Crippen LogP contribution in [0.1, 0.15) is 22.5 Å². The molecule has 0 aliphatic heterocycles. The van der Waals surface area contributed by atoms with Crippen molar-refractivity contribution in [1.29, 1.82) is 15.8 Å². The lowest BCUT2D eigenvalue weighted by Crippen LogP contribution is -2.06. The van der Waals surface area contributed by atoms with Crippen molar-refractivity contribution in [2.75, 3.05) is 7.05 Å². The fraction of sp³-hybridized carbons (Fsp3) is 0.143. The Labute approximate surface area is 116 Å². The van der Waals surface area contributed by atoms with Gasteiger partial charge in [0.1, 0.15) is 24.5 Å². The van der Waals surface area contributed by atoms with Crippen LogP contribution in [-0.2, 0) is 6.54 Å². The standard InChI is InChI=1S/C14H10N6/c1-18-8-10-2-3-13(11(4-10)5-15)20-9-19-12(6-16)14(20)7-17/h2-4,9,18H,8H2,1H3. The lowest BCUT2D eigenvalue weighted by atomic mass is 10.1. The van der Waals surface area contributed by atoms with Crippen LogP contribution in [-0.4, -0.2) is 16.6 Å². The molecule has 96 valence electrons. The molecule has 0 bridgehead atoms. The van der Waals surface area contributed by atoms with E-state index in [0.717, 1.165) is 5.56 Å². The molecule has 0 aliphatic rings. The van der Waals surface area contributed by atoms with Gasteiger partial charge in [-0.05, 0) is 24.7 Å². The monoisotopic (exact) mass is 262 g/mol. The summed E-state index contributed by atoms with van der Waals surface area (Å²) in [5.74, 6) is 0. The second kappa shape index (κ2) is 5.67.